The third-order valence-electron chi connectivity index (χ3n) is 1.99. The fraction of sp³-hybridized carbons (Fsp3) is 0.444. The van der Waals surface area contributed by atoms with Crippen molar-refractivity contribution in [2.45, 2.75) is 6.04 Å². The predicted octanol–water partition coefficient (Wildman–Crippen LogP) is 0.798. The number of nitrogens with zero attached hydrogens (tertiary/aromatic N) is 1. The van der Waals surface area contributed by atoms with Gasteiger partial charge in [0.2, 0.25) is 0 Å². The minimum absolute atomic E-state index is 0.0373. The summed E-state index contributed by atoms with van der Waals surface area (Å²) in [4.78, 5) is 12.6. The lowest BCUT2D eigenvalue weighted by atomic mass is 10.1. The van der Waals surface area contributed by atoms with Gasteiger partial charge in [-0.15, -0.1) is 0 Å². The SMILES string of the molecule is CN(CCO)C(C(=O)O)c1ccsc1. The summed E-state index contributed by atoms with van der Waals surface area (Å²) in [5.41, 5.74) is 0.762. The minimum Gasteiger partial charge on any atom is -0.480 e. The van der Waals surface area contributed by atoms with Crippen LogP contribution in [0.5, 0.6) is 0 Å². The summed E-state index contributed by atoms with van der Waals surface area (Å²) in [6, 6.07) is 1.13. The van der Waals surface area contributed by atoms with Gasteiger partial charge in [-0.2, -0.15) is 11.3 Å². The van der Waals surface area contributed by atoms with E-state index in [0.29, 0.717) is 6.54 Å². The first-order valence-electron chi connectivity index (χ1n) is 4.23. The summed E-state index contributed by atoms with van der Waals surface area (Å²) in [6.07, 6.45) is 0. The number of hydrogen-bond donors (Lipinski definition) is 2. The number of aliphatic carboxylic acids is 1. The fourth-order valence-electron chi connectivity index (χ4n) is 1.30. The Morgan fingerprint density at radius 1 is 1.71 bits per heavy atom. The highest BCUT2D eigenvalue weighted by molar-refractivity contribution is 7.08. The maximum absolute atomic E-state index is 11.0. The summed E-state index contributed by atoms with van der Waals surface area (Å²) in [7, 11) is 1.69. The Kier molecular flexibility index (Phi) is 4.06. The first-order valence-corrected chi connectivity index (χ1v) is 5.17. The molecule has 0 bridgehead atoms. The van der Waals surface area contributed by atoms with Crippen molar-refractivity contribution in [1.82, 2.24) is 4.90 Å². The first-order chi connectivity index (χ1) is 6.66. The van der Waals surface area contributed by atoms with Gasteiger partial charge in [0.1, 0.15) is 6.04 Å². The van der Waals surface area contributed by atoms with Crippen LogP contribution >= 0.6 is 11.3 Å². The first kappa shape index (κ1) is 11.2. The molecule has 0 aliphatic heterocycles. The molecule has 0 aliphatic rings. The molecule has 1 atom stereocenters. The molecule has 0 amide bonds. The van der Waals surface area contributed by atoms with Crippen LogP contribution in [0.2, 0.25) is 0 Å². The number of carbonyl (C=O) groups is 1. The van der Waals surface area contributed by atoms with Gasteiger partial charge in [0.15, 0.2) is 0 Å². The smallest absolute Gasteiger partial charge is 0.325 e. The van der Waals surface area contributed by atoms with Gasteiger partial charge < -0.3 is 10.2 Å². The van der Waals surface area contributed by atoms with Gasteiger partial charge in [0, 0.05) is 6.54 Å². The van der Waals surface area contributed by atoms with Crippen LogP contribution in [0.15, 0.2) is 16.8 Å². The summed E-state index contributed by atoms with van der Waals surface area (Å²) in [5, 5.41) is 21.4. The van der Waals surface area contributed by atoms with Crippen LogP contribution in [0.1, 0.15) is 11.6 Å². The number of hydrogen-bond acceptors (Lipinski definition) is 4. The third kappa shape index (κ3) is 2.54. The molecule has 14 heavy (non-hydrogen) atoms. The van der Waals surface area contributed by atoms with Gasteiger partial charge in [-0.3, -0.25) is 9.69 Å². The standard InChI is InChI=1S/C9H13NO3S/c1-10(3-4-11)8(9(12)13)7-2-5-14-6-7/h2,5-6,8,11H,3-4H2,1H3,(H,12,13). The Bertz CT molecular complexity index is 286. The molecule has 5 heteroatoms. The molecule has 78 valence electrons. The van der Waals surface area contributed by atoms with Crippen LogP contribution in [-0.2, 0) is 4.79 Å². The molecule has 0 aromatic carbocycles. The van der Waals surface area contributed by atoms with Crippen LogP contribution in [0, 0.1) is 0 Å². The lowest BCUT2D eigenvalue weighted by Gasteiger charge is -2.22. The second-order valence-corrected chi connectivity index (χ2v) is 3.78. The molecule has 1 aromatic heterocycles. The van der Waals surface area contributed by atoms with Crippen LogP contribution in [0.4, 0.5) is 0 Å². The third-order valence-corrected chi connectivity index (χ3v) is 2.69. The number of likely N-dealkylation sites (N-methyl/N-ethyl adjacent to an activating group) is 1. The van der Waals surface area contributed by atoms with Crippen LogP contribution in [-0.4, -0.2) is 41.3 Å². The van der Waals surface area contributed by atoms with E-state index in [-0.39, 0.29) is 6.61 Å². The van der Waals surface area contributed by atoms with E-state index in [2.05, 4.69) is 0 Å². The highest BCUT2D eigenvalue weighted by atomic mass is 32.1. The molecule has 1 rings (SSSR count). The maximum atomic E-state index is 11.0. The molecule has 0 spiro atoms. The van der Waals surface area contributed by atoms with E-state index < -0.39 is 12.0 Å². The second-order valence-electron chi connectivity index (χ2n) is 3.00. The van der Waals surface area contributed by atoms with Gasteiger partial charge in [0.05, 0.1) is 6.61 Å². The van der Waals surface area contributed by atoms with Crippen molar-refractivity contribution in [2.24, 2.45) is 0 Å². The Morgan fingerprint density at radius 3 is 2.86 bits per heavy atom. The quantitative estimate of drug-likeness (QED) is 0.762. The van der Waals surface area contributed by atoms with Gasteiger partial charge in [0.25, 0.3) is 0 Å². The van der Waals surface area contributed by atoms with Crippen molar-refractivity contribution in [3.8, 4) is 0 Å². The number of aliphatic hydroxyl groups excluding tert-OH is 1. The van der Waals surface area contributed by atoms with Crippen molar-refractivity contribution in [1.29, 1.82) is 0 Å². The predicted molar refractivity (Wildman–Crippen MR) is 54.4 cm³/mol. The second kappa shape index (κ2) is 5.09. The normalized spacial score (nSPS) is 13.1. The average Bonchev–Trinajstić information content (AvgIpc) is 2.57. The summed E-state index contributed by atoms with van der Waals surface area (Å²) < 4.78 is 0. The van der Waals surface area contributed by atoms with Gasteiger partial charge in [-0.25, -0.2) is 0 Å². The maximum Gasteiger partial charge on any atom is 0.325 e. The number of carboxylic acids is 1. The summed E-state index contributed by atoms with van der Waals surface area (Å²) in [5.74, 6) is -0.889. The zero-order chi connectivity index (χ0) is 10.6. The van der Waals surface area contributed by atoms with E-state index in [0.717, 1.165) is 5.56 Å². The zero-order valence-electron chi connectivity index (χ0n) is 7.88. The van der Waals surface area contributed by atoms with Crippen LogP contribution < -0.4 is 0 Å². The van der Waals surface area contributed by atoms with Crippen molar-refractivity contribution in [3.63, 3.8) is 0 Å². The van der Waals surface area contributed by atoms with Crippen LogP contribution in [0.3, 0.4) is 0 Å². The lowest BCUT2D eigenvalue weighted by Crippen LogP contribution is -2.32. The molecular weight excluding hydrogens is 202 g/mol. The molecule has 1 heterocycles. The van der Waals surface area contributed by atoms with Crippen molar-refractivity contribution < 1.29 is 15.0 Å². The Hall–Kier alpha value is -0.910. The van der Waals surface area contributed by atoms with Crippen molar-refractivity contribution in [2.75, 3.05) is 20.2 Å². The summed E-state index contributed by atoms with van der Waals surface area (Å²) in [6.45, 7) is 0.317. The van der Waals surface area contributed by atoms with E-state index in [1.54, 1.807) is 18.0 Å². The molecule has 1 unspecified atom stereocenters. The molecule has 0 saturated heterocycles. The fourth-order valence-corrected chi connectivity index (χ4v) is 1.98. The van der Waals surface area contributed by atoms with E-state index in [4.69, 9.17) is 10.2 Å². The van der Waals surface area contributed by atoms with Gasteiger partial charge >= 0.3 is 5.97 Å². The Labute approximate surface area is 86.4 Å². The topological polar surface area (TPSA) is 60.8 Å². The number of rotatable bonds is 5. The van der Waals surface area contributed by atoms with E-state index in [1.165, 1.54) is 11.3 Å². The highest BCUT2D eigenvalue weighted by Gasteiger charge is 2.24. The molecule has 2 N–H and O–H groups in total. The minimum atomic E-state index is -0.889. The molecular formula is C9H13NO3S. The van der Waals surface area contributed by atoms with Gasteiger partial charge in [-0.05, 0) is 29.4 Å². The highest BCUT2D eigenvalue weighted by Crippen LogP contribution is 2.21. The molecule has 1 aromatic rings. The molecule has 0 saturated carbocycles. The molecule has 0 radical (unpaired) electrons. The Balaban J connectivity index is 2.80. The number of thiophene rings is 1. The van der Waals surface area contributed by atoms with E-state index in [1.807, 2.05) is 10.8 Å². The van der Waals surface area contributed by atoms with Crippen LogP contribution in [0.25, 0.3) is 0 Å². The molecule has 4 nitrogen and oxygen atoms in total. The average molecular weight is 215 g/mol. The van der Waals surface area contributed by atoms with Gasteiger partial charge in [-0.1, -0.05) is 0 Å². The number of aliphatic hydroxyl groups is 1. The Morgan fingerprint density at radius 2 is 2.43 bits per heavy atom. The molecule has 0 fully saturated rings. The molecule has 0 aliphatic carbocycles. The van der Waals surface area contributed by atoms with Crippen molar-refractivity contribution >= 4 is 17.3 Å². The number of carboxylic acid groups (broad SMARTS) is 1. The monoisotopic (exact) mass is 215 g/mol. The van der Waals surface area contributed by atoms with E-state index in [9.17, 15) is 4.79 Å². The zero-order valence-corrected chi connectivity index (χ0v) is 8.70. The largest absolute Gasteiger partial charge is 0.480 e. The lowest BCUT2D eigenvalue weighted by molar-refractivity contribution is -0.143. The summed E-state index contributed by atoms with van der Waals surface area (Å²) >= 11 is 1.47. The van der Waals surface area contributed by atoms with Crippen molar-refractivity contribution in [3.05, 3.63) is 22.4 Å². The van der Waals surface area contributed by atoms with E-state index >= 15 is 0 Å².